The number of hydrogen-bond acceptors (Lipinski definition) is 3. The van der Waals surface area contributed by atoms with E-state index in [9.17, 15) is 0 Å². The number of rotatable bonds is 0. The van der Waals surface area contributed by atoms with E-state index in [1.807, 2.05) is 30.2 Å². The summed E-state index contributed by atoms with van der Waals surface area (Å²) in [6, 6.07) is 13.1. The van der Waals surface area contributed by atoms with E-state index in [1.54, 1.807) is 0 Å². The van der Waals surface area contributed by atoms with Crippen LogP contribution in [0.4, 0.5) is 0 Å². The maximum atomic E-state index is 4.76. The molecule has 25 heavy (non-hydrogen) atoms. The molecule has 0 saturated heterocycles. The molecule has 0 saturated carbocycles. The molecule has 2 aromatic heterocycles. The number of pyridine rings is 2. The first-order valence-electron chi connectivity index (χ1n) is 8.69. The predicted octanol–water partition coefficient (Wildman–Crippen LogP) is 5.79. The third-order valence-corrected chi connectivity index (χ3v) is 6.80. The summed E-state index contributed by atoms with van der Waals surface area (Å²) >= 11 is 1.92. The highest BCUT2D eigenvalue weighted by Gasteiger charge is 2.43. The molecule has 2 aliphatic rings. The highest BCUT2D eigenvalue weighted by molar-refractivity contribution is 8.00. The number of nitrogens with zero attached hydrogens (tertiary/aromatic N) is 2. The quantitative estimate of drug-likeness (QED) is 0.516. The molecule has 0 fully saturated rings. The molecule has 0 unspecified atom stereocenters. The van der Waals surface area contributed by atoms with E-state index in [-0.39, 0.29) is 10.2 Å². The predicted molar refractivity (Wildman–Crippen MR) is 104 cm³/mol. The molecule has 2 nitrogen and oxygen atoms in total. The lowest BCUT2D eigenvalue weighted by molar-refractivity contribution is 0.657. The summed E-state index contributed by atoms with van der Waals surface area (Å²) in [5.41, 5.74) is 8.88. The van der Waals surface area contributed by atoms with Gasteiger partial charge in [-0.1, -0.05) is 32.0 Å². The van der Waals surface area contributed by atoms with Gasteiger partial charge in [-0.2, -0.15) is 0 Å². The molecule has 0 bridgehead atoms. The Morgan fingerprint density at radius 1 is 0.840 bits per heavy atom. The summed E-state index contributed by atoms with van der Waals surface area (Å²) in [5, 5.41) is 0. The van der Waals surface area contributed by atoms with Gasteiger partial charge in [0.25, 0.3) is 0 Å². The Morgan fingerprint density at radius 3 is 2.44 bits per heavy atom. The molecule has 1 aliphatic heterocycles. The van der Waals surface area contributed by atoms with Gasteiger partial charge in [0.2, 0.25) is 0 Å². The largest absolute Gasteiger partial charge is 0.259 e. The van der Waals surface area contributed by atoms with Crippen molar-refractivity contribution in [2.75, 3.05) is 0 Å². The first kappa shape index (κ1) is 15.2. The maximum absolute atomic E-state index is 4.76. The van der Waals surface area contributed by atoms with E-state index in [1.165, 1.54) is 38.4 Å². The summed E-state index contributed by atoms with van der Waals surface area (Å²) in [6.07, 6.45) is 3.81. The molecule has 0 spiro atoms. The third-order valence-electron chi connectivity index (χ3n) is 5.54. The Balaban J connectivity index is 1.90. The lowest BCUT2D eigenvalue weighted by atomic mass is 9.78. The third kappa shape index (κ3) is 1.87. The zero-order valence-electron chi connectivity index (χ0n) is 14.9. The molecule has 0 radical (unpaired) electrons. The van der Waals surface area contributed by atoms with Crippen LogP contribution in [0, 0.1) is 0 Å². The van der Waals surface area contributed by atoms with E-state index in [0.29, 0.717) is 0 Å². The number of hydrogen-bond donors (Lipinski definition) is 0. The Bertz CT molecular complexity index is 1030. The molecule has 0 N–H and O–H groups in total. The zero-order chi connectivity index (χ0) is 17.4. The van der Waals surface area contributed by atoms with Gasteiger partial charge in [0, 0.05) is 39.4 Å². The number of fused-ring (bicyclic) bond motifs is 7. The molecule has 0 amide bonds. The highest BCUT2D eigenvalue weighted by Crippen LogP contribution is 2.59. The fourth-order valence-electron chi connectivity index (χ4n) is 4.45. The summed E-state index contributed by atoms with van der Waals surface area (Å²) in [5.74, 6) is 0. The topological polar surface area (TPSA) is 25.8 Å². The fourth-order valence-corrected chi connectivity index (χ4v) is 5.71. The molecule has 3 heterocycles. The lowest BCUT2D eigenvalue weighted by Gasteiger charge is -2.35. The molecular formula is C22H20N2S. The molecule has 3 heteroatoms. The second-order valence-corrected chi connectivity index (χ2v) is 9.56. The van der Waals surface area contributed by atoms with Gasteiger partial charge in [-0.3, -0.25) is 9.97 Å². The van der Waals surface area contributed by atoms with Gasteiger partial charge in [0.05, 0.1) is 16.1 Å². The second kappa shape index (κ2) is 4.73. The maximum Gasteiger partial charge on any atom is 0.0746 e. The van der Waals surface area contributed by atoms with Crippen molar-refractivity contribution < 1.29 is 0 Å². The SMILES string of the molecule is CC1(C)Sc2ccc3c(c2-c2cccnc21)C(C)(C)c1cccnc1-3. The van der Waals surface area contributed by atoms with Crippen LogP contribution in [0.15, 0.2) is 53.7 Å². The van der Waals surface area contributed by atoms with E-state index in [4.69, 9.17) is 9.97 Å². The van der Waals surface area contributed by atoms with E-state index < -0.39 is 0 Å². The zero-order valence-corrected chi connectivity index (χ0v) is 15.7. The lowest BCUT2D eigenvalue weighted by Crippen LogP contribution is -2.22. The number of thioether (sulfide) groups is 1. The van der Waals surface area contributed by atoms with E-state index >= 15 is 0 Å². The average molecular weight is 344 g/mol. The first-order valence-corrected chi connectivity index (χ1v) is 9.51. The van der Waals surface area contributed by atoms with Gasteiger partial charge in [-0.25, -0.2) is 0 Å². The fraction of sp³-hybridized carbons (Fsp3) is 0.273. The molecule has 5 rings (SSSR count). The molecule has 0 atom stereocenters. The summed E-state index contributed by atoms with van der Waals surface area (Å²) in [6.45, 7) is 9.17. The van der Waals surface area contributed by atoms with Crippen LogP contribution in [0.25, 0.3) is 22.4 Å². The van der Waals surface area contributed by atoms with Crippen molar-refractivity contribution in [1.29, 1.82) is 0 Å². The van der Waals surface area contributed by atoms with Crippen LogP contribution in [0.2, 0.25) is 0 Å². The average Bonchev–Trinajstić information content (AvgIpc) is 2.83. The van der Waals surface area contributed by atoms with Gasteiger partial charge in [-0.15, -0.1) is 11.8 Å². The summed E-state index contributed by atoms with van der Waals surface area (Å²) in [4.78, 5) is 10.8. The Labute approximate surface area is 152 Å². The molecule has 1 aromatic carbocycles. The van der Waals surface area contributed by atoms with E-state index in [2.05, 4.69) is 58.0 Å². The van der Waals surface area contributed by atoms with Gasteiger partial charge < -0.3 is 0 Å². The summed E-state index contributed by atoms with van der Waals surface area (Å²) in [7, 11) is 0. The number of benzene rings is 1. The minimum atomic E-state index is -0.0561. The van der Waals surface area contributed by atoms with Gasteiger partial charge >= 0.3 is 0 Å². The van der Waals surface area contributed by atoms with Crippen LogP contribution in [-0.4, -0.2) is 9.97 Å². The van der Waals surface area contributed by atoms with Crippen LogP contribution in [0.3, 0.4) is 0 Å². The van der Waals surface area contributed by atoms with Crippen LogP contribution >= 0.6 is 11.8 Å². The van der Waals surface area contributed by atoms with Crippen LogP contribution < -0.4 is 0 Å². The van der Waals surface area contributed by atoms with Crippen molar-refractivity contribution in [2.24, 2.45) is 0 Å². The summed E-state index contributed by atoms with van der Waals surface area (Å²) < 4.78 is -0.0221. The van der Waals surface area contributed by atoms with E-state index in [0.717, 1.165) is 5.69 Å². The van der Waals surface area contributed by atoms with Gasteiger partial charge in [-0.05, 0) is 43.2 Å². The molecule has 1 aliphatic carbocycles. The van der Waals surface area contributed by atoms with Gasteiger partial charge in [0.15, 0.2) is 0 Å². The van der Waals surface area contributed by atoms with Crippen molar-refractivity contribution in [1.82, 2.24) is 9.97 Å². The van der Waals surface area contributed by atoms with Crippen LogP contribution in [0.5, 0.6) is 0 Å². The standard InChI is InChI=1S/C22H20N2S/c1-21(2)15-8-6-11-23-19(15)14-9-10-16-17(18(14)21)13-7-5-12-24-20(13)22(3,4)25-16/h5-12H,1-4H3. The Morgan fingerprint density at radius 2 is 1.60 bits per heavy atom. The Kier molecular flexibility index (Phi) is 2.87. The minimum Gasteiger partial charge on any atom is -0.259 e. The second-order valence-electron chi connectivity index (χ2n) is 7.90. The molecule has 124 valence electrons. The highest BCUT2D eigenvalue weighted by atomic mass is 32.2. The van der Waals surface area contributed by atoms with Crippen molar-refractivity contribution in [3.8, 4) is 22.4 Å². The molecular weight excluding hydrogens is 324 g/mol. The number of aromatic nitrogens is 2. The normalized spacial score (nSPS) is 18.1. The van der Waals surface area contributed by atoms with Crippen LogP contribution in [-0.2, 0) is 10.2 Å². The van der Waals surface area contributed by atoms with Crippen molar-refractivity contribution >= 4 is 11.8 Å². The van der Waals surface area contributed by atoms with Crippen molar-refractivity contribution in [3.05, 3.63) is 65.6 Å². The van der Waals surface area contributed by atoms with Crippen LogP contribution in [0.1, 0.15) is 44.5 Å². The smallest absolute Gasteiger partial charge is 0.0746 e. The molecule has 3 aromatic rings. The monoisotopic (exact) mass is 344 g/mol. The van der Waals surface area contributed by atoms with Gasteiger partial charge in [0.1, 0.15) is 0 Å². The van der Waals surface area contributed by atoms with Crippen molar-refractivity contribution in [3.63, 3.8) is 0 Å². The minimum absolute atomic E-state index is 0.0221. The first-order chi connectivity index (χ1) is 11.9. The Hall–Kier alpha value is -2.13. The van der Waals surface area contributed by atoms with Crippen molar-refractivity contribution in [2.45, 2.75) is 42.8 Å².